The van der Waals surface area contributed by atoms with Crippen LogP contribution in [0.1, 0.15) is 52.4 Å². The van der Waals surface area contributed by atoms with Crippen LogP contribution >= 0.6 is 0 Å². The summed E-state index contributed by atoms with van der Waals surface area (Å²) in [5, 5.41) is 9.68. The van der Waals surface area contributed by atoms with E-state index < -0.39 is 0 Å². The first-order valence-electron chi connectivity index (χ1n) is 5.38. The fraction of sp³-hybridized carbons (Fsp3) is 1.00. The first-order chi connectivity index (χ1) is 5.70. The van der Waals surface area contributed by atoms with Crippen molar-refractivity contribution < 1.29 is 5.11 Å². The Kier molecular flexibility index (Phi) is 4.07. The van der Waals surface area contributed by atoms with Crippen LogP contribution in [0.4, 0.5) is 0 Å². The van der Waals surface area contributed by atoms with Crippen molar-refractivity contribution in [2.24, 2.45) is 11.8 Å². The van der Waals surface area contributed by atoms with Crippen molar-refractivity contribution in [3.8, 4) is 0 Å². The van der Waals surface area contributed by atoms with Crippen molar-refractivity contribution in [3.05, 3.63) is 0 Å². The molecule has 0 bridgehead atoms. The van der Waals surface area contributed by atoms with Crippen LogP contribution in [0, 0.1) is 11.8 Å². The molecule has 1 rings (SSSR count). The molecule has 1 aliphatic rings. The Labute approximate surface area is 76.2 Å². The second-order valence-electron chi connectivity index (χ2n) is 4.58. The molecule has 1 N–H and O–H groups in total. The molecule has 72 valence electrons. The molecule has 1 aliphatic carbocycles. The highest BCUT2D eigenvalue weighted by Gasteiger charge is 2.22. The lowest BCUT2D eigenvalue weighted by Crippen LogP contribution is -2.24. The van der Waals surface area contributed by atoms with Gasteiger partial charge in [-0.3, -0.25) is 0 Å². The molecule has 12 heavy (non-hydrogen) atoms. The molecule has 0 aromatic rings. The van der Waals surface area contributed by atoms with Crippen LogP contribution in [0.15, 0.2) is 0 Å². The van der Waals surface area contributed by atoms with Crippen molar-refractivity contribution in [2.45, 2.75) is 58.5 Å². The van der Waals surface area contributed by atoms with Gasteiger partial charge < -0.3 is 5.11 Å². The van der Waals surface area contributed by atoms with Gasteiger partial charge in [-0.2, -0.15) is 0 Å². The molecule has 0 aliphatic heterocycles. The molecule has 0 spiro atoms. The second-order valence-corrected chi connectivity index (χ2v) is 4.58. The van der Waals surface area contributed by atoms with E-state index in [0.29, 0.717) is 5.92 Å². The van der Waals surface area contributed by atoms with E-state index in [-0.39, 0.29) is 6.10 Å². The van der Waals surface area contributed by atoms with Gasteiger partial charge >= 0.3 is 0 Å². The van der Waals surface area contributed by atoms with Crippen molar-refractivity contribution in [1.82, 2.24) is 0 Å². The summed E-state index contributed by atoms with van der Waals surface area (Å²) < 4.78 is 0. The quantitative estimate of drug-likeness (QED) is 0.690. The average Bonchev–Trinajstić information content (AvgIpc) is 2.03. The predicted molar refractivity (Wildman–Crippen MR) is 52.0 cm³/mol. The third kappa shape index (κ3) is 3.14. The molecule has 1 unspecified atom stereocenters. The zero-order valence-corrected chi connectivity index (χ0v) is 8.42. The largest absolute Gasteiger partial charge is 0.393 e. The average molecular weight is 170 g/mol. The molecule has 0 heterocycles. The van der Waals surface area contributed by atoms with E-state index in [1.165, 1.54) is 32.1 Å². The third-order valence-corrected chi connectivity index (χ3v) is 2.98. The van der Waals surface area contributed by atoms with Crippen LogP contribution in [0.2, 0.25) is 0 Å². The lowest BCUT2D eigenvalue weighted by Gasteiger charge is -2.27. The number of aliphatic hydroxyl groups excluding tert-OH is 1. The molecule has 0 aromatic heterocycles. The first kappa shape index (κ1) is 10.0. The fourth-order valence-corrected chi connectivity index (χ4v) is 2.07. The maximum absolute atomic E-state index is 9.68. The summed E-state index contributed by atoms with van der Waals surface area (Å²) in [6, 6.07) is 0. The van der Waals surface area contributed by atoms with Gasteiger partial charge in [0.2, 0.25) is 0 Å². The summed E-state index contributed by atoms with van der Waals surface area (Å²) in [5.74, 6) is 1.40. The zero-order valence-electron chi connectivity index (χ0n) is 8.42. The molecule has 1 heteroatoms. The van der Waals surface area contributed by atoms with Gasteiger partial charge in [-0.25, -0.2) is 0 Å². The maximum Gasteiger partial charge on any atom is 0.0568 e. The van der Waals surface area contributed by atoms with E-state index in [0.717, 1.165) is 12.3 Å². The first-order valence-corrected chi connectivity index (χ1v) is 5.38. The van der Waals surface area contributed by atoms with Gasteiger partial charge in [0.25, 0.3) is 0 Å². The number of rotatable bonds is 3. The lowest BCUT2D eigenvalue weighted by atomic mass is 9.82. The smallest absolute Gasteiger partial charge is 0.0568 e. The standard InChI is InChI=1S/C11H22O/c1-9(2)7-8-10-5-3-4-6-11(10)12/h9-12H,3-8H2,1-2H3/t10-,11?/m1/s1. The summed E-state index contributed by atoms with van der Waals surface area (Å²) in [5.41, 5.74) is 0. The zero-order chi connectivity index (χ0) is 8.97. The third-order valence-electron chi connectivity index (χ3n) is 2.98. The minimum atomic E-state index is 0.0116. The monoisotopic (exact) mass is 170 g/mol. The van der Waals surface area contributed by atoms with E-state index in [2.05, 4.69) is 13.8 Å². The molecule has 1 fully saturated rings. The van der Waals surface area contributed by atoms with Crippen LogP contribution in [0.3, 0.4) is 0 Å². The summed E-state index contributed by atoms with van der Waals surface area (Å²) >= 11 is 0. The SMILES string of the molecule is CC(C)CC[C@H]1CCCCC1O. The second kappa shape index (κ2) is 4.86. The van der Waals surface area contributed by atoms with Crippen molar-refractivity contribution in [3.63, 3.8) is 0 Å². The van der Waals surface area contributed by atoms with E-state index in [9.17, 15) is 5.11 Å². The van der Waals surface area contributed by atoms with Gasteiger partial charge in [-0.05, 0) is 31.1 Å². The Balaban J connectivity index is 2.20. The Morgan fingerprint density at radius 1 is 1.25 bits per heavy atom. The summed E-state index contributed by atoms with van der Waals surface area (Å²) in [4.78, 5) is 0. The highest BCUT2D eigenvalue weighted by atomic mass is 16.3. The van der Waals surface area contributed by atoms with E-state index in [1.54, 1.807) is 0 Å². The number of hydrogen-bond donors (Lipinski definition) is 1. The summed E-state index contributed by atoms with van der Waals surface area (Å²) in [7, 11) is 0. The van der Waals surface area contributed by atoms with E-state index in [4.69, 9.17) is 0 Å². The minimum absolute atomic E-state index is 0.0116. The van der Waals surface area contributed by atoms with Crippen LogP contribution < -0.4 is 0 Å². The maximum atomic E-state index is 9.68. The highest BCUT2D eigenvalue weighted by Crippen LogP contribution is 2.28. The molecular weight excluding hydrogens is 148 g/mol. The summed E-state index contributed by atoms with van der Waals surface area (Å²) in [6.07, 6.45) is 7.40. The minimum Gasteiger partial charge on any atom is -0.393 e. The Morgan fingerprint density at radius 2 is 1.92 bits per heavy atom. The molecular formula is C11H22O. The van der Waals surface area contributed by atoms with Gasteiger partial charge in [0.1, 0.15) is 0 Å². The van der Waals surface area contributed by atoms with E-state index >= 15 is 0 Å². The lowest BCUT2D eigenvalue weighted by molar-refractivity contribution is 0.0625. The highest BCUT2D eigenvalue weighted by molar-refractivity contribution is 4.74. The van der Waals surface area contributed by atoms with Gasteiger partial charge in [-0.15, -0.1) is 0 Å². The van der Waals surface area contributed by atoms with Crippen molar-refractivity contribution in [2.75, 3.05) is 0 Å². The van der Waals surface area contributed by atoms with Crippen molar-refractivity contribution in [1.29, 1.82) is 0 Å². The topological polar surface area (TPSA) is 20.2 Å². The molecule has 0 saturated heterocycles. The van der Waals surface area contributed by atoms with Crippen LogP contribution in [0.25, 0.3) is 0 Å². The molecule has 1 nitrogen and oxygen atoms in total. The normalized spacial score (nSPS) is 31.0. The molecule has 0 amide bonds. The van der Waals surface area contributed by atoms with Crippen molar-refractivity contribution >= 4 is 0 Å². The summed E-state index contributed by atoms with van der Waals surface area (Å²) in [6.45, 7) is 4.52. The van der Waals surface area contributed by atoms with Crippen LogP contribution in [0.5, 0.6) is 0 Å². The predicted octanol–water partition coefficient (Wildman–Crippen LogP) is 2.97. The van der Waals surface area contributed by atoms with Crippen LogP contribution in [-0.2, 0) is 0 Å². The molecule has 0 aromatic carbocycles. The Hall–Kier alpha value is -0.0400. The van der Waals surface area contributed by atoms with Gasteiger partial charge in [0.05, 0.1) is 6.10 Å². The number of aliphatic hydroxyl groups is 1. The Morgan fingerprint density at radius 3 is 2.50 bits per heavy atom. The molecule has 2 atom stereocenters. The van der Waals surface area contributed by atoms with Gasteiger partial charge in [-0.1, -0.05) is 33.1 Å². The van der Waals surface area contributed by atoms with Gasteiger partial charge in [0.15, 0.2) is 0 Å². The fourth-order valence-electron chi connectivity index (χ4n) is 2.07. The van der Waals surface area contributed by atoms with Crippen LogP contribution in [-0.4, -0.2) is 11.2 Å². The van der Waals surface area contributed by atoms with E-state index in [1.807, 2.05) is 0 Å². The number of hydrogen-bond acceptors (Lipinski definition) is 1. The van der Waals surface area contributed by atoms with Gasteiger partial charge in [0, 0.05) is 0 Å². The Bertz CT molecular complexity index is 120. The molecule has 1 saturated carbocycles. The molecule has 0 radical (unpaired) electrons.